The van der Waals surface area contributed by atoms with Crippen molar-refractivity contribution in [2.75, 3.05) is 41.2 Å². The molecule has 0 heterocycles. The first-order valence-corrected chi connectivity index (χ1v) is 7.80. The minimum Gasteiger partial charge on any atom is -0.385 e. The Balaban J connectivity index is -0.0000000244. The van der Waals surface area contributed by atoms with E-state index in [1.54, 1.807) is 27.4 Å². The first-order chi connectivity index (χ1) is 10.1. The number of methoxy groups -OCH3 is 3. The van der Waals surface area contributed by atoms with Crippen LogP contribution in [0.3, 0.4) is 0 Å². The van der Waals surface area contributed by atoms with E-state index in [0.29, 0.717) is 19.3 Å². The van der Waals surface area contributed by atoms with Crippen molar-refractivity contribution in [2.45, 2.75) is 104 Å². The molecule has 27 heavy (non-hydrogen) atoms. The maximum atomic E-state index is 5.18. The fourth-order valence-electron chi connectivity index (χ4n) is 1.01. The van der Waals surface area contributed by atoms with Crippen molar-refractivity contribution in [3.8, 4) is 0 Å². The van der Waals surface area contributed by atoms with Crippen LogP contribution in [0.1, 0.15) is 91.5 Å². The van der Waals surface area contributed by atoms with E-state index < -0.39 is 0 Å². The second-order valence-corrected chi connectivity index (χ2v) is 4.54. The van der Waals surface area contributed by atoms with Gasteiger partial charge in [0.25, 0.3) is 0 Å². The number of rotatable bonds is 10. The van der Waals surface area contributed by atoms with Crippen LogP contribution >= 0.6 is 0 Å². The summed E-state index contributed by atoms with van der Waals surface area (Å²) in [6.45, 7) is 14.0. The molecule has 178 valence electrons. The quantitative estimate of drug-likeness (QED) is 0.275. The highest BCUT2D eigenvalue weighted by atomic mass is 16.5. The van der Waals surface area contributed by atoms with E-state index in [-0.39, 0.29) is 50.7 Å². The van der Waals surface area contributed by atoms with Crippen LogP contribution in [0.5, 0.6) is 0 Å². The molecule has 0 amide bonds. The topological polar surface area (TPSA) is 36.9 Å². The fourth-order valence-corrected chi connectivity index (χ4v) is 1.01. The molecule has 2 unspecified atom stereocenters. The van der Waals surface area contributed by atoms with E-state index in [1.165, 1.54) is 0 Å². The van der Waals surface area contributed by atoms with Crippen LogP contribution in [-0.2, 0) is 18.9 Å². The zero-order valence-electron chi connectivity index (χ0n) is 15.3. The molecule has 0 saturated heterocycles. The van der Waals surface area contributed by atoms with Gasteiger partial charge in [-0.25, -0.2) is 0 Å². The smallest absolute Gasteiger partial charge is 0.0802 e. The molecule has 0 bridgehead atoms. The summed E-state index contributed by atoms with van der Waals surface area (Å²) in [5.74, 6) is 0. The summed E-state index contributed by atoms with van der Waals surface area (Å²) >= 11 is 0. The van der Waals surface area contributed by atoms with Crippen LogP contribution < -0.4 is 0 Å². The maximum Gasteiger partial charge on any atom is 0.0802 e. The van der Waals surface area contributed by atoms with Gasteiger partial charge in [0.15, 0.2) is 0 Å². The second-order valence-electron chi connectivity index (χ2n) is 4.54. The fraction of sp³-hybridized carbons (Fsp3) is 0.913. The largest absolute Gasteiger partial charge is 0.385 e. The molecule has 0 aliphatic carbocycles. The average molecular weight is 403 g/mol. The molecule has 4 heteroatoms. The van der Waals surface area contributed by atoms with Crippen LogP contribution in [0.25, 0.3) is 0 Å². The molecule has 2 atom stereocenters. The van der Waals surface area contributed by atoms with E-state index in [1.807, 2.05) is 0 Å². The molecule has 0 aliphatic heterocycles. The van der Waals surface area contributed by atoms with E-state index in [2.05, 4.69) is 34.3 Å². The van der Waals surface area contributed by atoms with Crippen molar-refractivity contribution in [2.24, 2.45) is 0 Å². The third-order valence-electron chi connectivity index (χ3n) is 2.71. The zero-order valence-corrected chi connectivity index (χ0v) is 15.3. The van der Waals surface area contributed by atoms with Crippen molar-refractivity contribution < 1.29 is 18.9 Å². The minimum absolute atomic E-state index is 0. The lowest BCUT2D eigenvalue weighted by Gasteiger charge is -2.11. The van der Waals surface area contributed by atoms with Crippen LogP contribution in [0.2, 0.25) is 0 Å². The van der Waals surface area contributed by atoms with Gasteiger partial charge in [-0.3, -0.25) is 0 Å². The molecule has 4 nitrogen and oxygen atoms in total. The van der Waals surface area contributed by atoms with Gasteiger partial charge in [0.1, 0.15) is 0 Å². The Bertz CT molecular complexity index is 166. The molecule has 0 rings (SSSR count). The number of hydrogen-bond acceptors (Lipinski definition) is 4. The van der Waals surface area contributed by atoms with Gasteiger partial charge in [0.2, 0.25) is 0 Å². The lowest BCUT2D eigenvalue weighted by atomic mass is 10.3. The van der Waals surface area contributed by atoms with E-state index in [4.69, 9.17) is 18.9 Å². The summed E-state index contributed by atoms with van der Waals surface area (Å²) in [7, 11) is 5.14. The van der Waals surface area contributed by atoms with Gasteiger partial charge in [-0.2, -0.15) is 0 Å². The Hall–Kier alpha value is -0.420. The van der Waals surface area contributed by atoms with Gasteiger partial charge in [-0.1, -0.05) is 71.4 Å². The SMILES string of the molecule is C.C.C.C.C.C.C=CCOCC(CC)OC.CCC(C)OC.CCCOC. The van der Waals surface area contributed by atoms with Crippen molar-refractivity contribution in [1.29, 1.82) is 0 Å². The lowest BCUT2D eigenvalue weighted by Crippen LogP contribution is -2.16. The Labute approximate surface area is 177 Å². The van der Waals surface area contributed by atoms with Crippen LogP contribution in [0.4, 0.5) is 0 Å². The normalized spacial score (nSPS) is 9.59. The first-order valence-electron chi connectivity index (χ1n) is 7.80. The van der Waals surface area contributed by atoms with Gasteiger partial charge in [-0.05, 0) is 26.2 Å². The maximum absolute atomic E-state index is 5.18. The van der Waals surface area contributed by atoms with Gasteiger partial charge in [0, 0.05) is 27.9 Å². The Morgan fingerprint density at radius 1 is 0.815 bits per heavy atom. The molecule has 0 aliphatic rings. The van der Waals surface area contributed by atoms with Crippen molar-refractivity contribution >= 4 is 0 Å². The summed E-state index contributed by atoms with van der Waals surface area (Å²) in [4.78, 5) is 0. The summed E-state index contributed by atoms with van der Waals surface area (Å²) in [5.41, 5.74) is 0. The third-order valence-corrected chi connectivity index (χ3v) is 2.71. The monoisotopic (exact) mass is 402 g/mol. The molecule has 0 aromatic carbocycles. The van der Waals surface area contributed by atoms with Crippen LogP contribution in [0, 0.1) is 0 Å². The zero-order chi connectivity index (χ0) is 16.9. The van der Waals surface area contributed by atoms with Gasteiger partial charge in [0.05, 0.1) is 25.4 Å². The molecule has 0 fully saturated rings. The molecule has 0 aromatic heterocycles. The third kappa shape index (κ3) is 66.9. The summed E-state index contributed by atoms with van der Waals surface area (Å²) in [5, 5.41) is 0. The highest BCUT2D eigenvalue weighted by Gasteiger charge is 2.01. The summed E-state index contributed by atoms with van der Waals surface area (Å²) in [6, 6.07) is 0. The van der Waals surface area contributed by atoms with Crippen molar-refractivity contribution in [3.63, 3.8) is 0 Å². The Morgan fingerprint density at radius 3 is 1.44 bits per heavy atom. The van der Waals surface area contributed by atoms with Crippen molar-refractivity contribution in [1.82, 2.24) is 0 Å². The first kappa shape index (κ1) is 56.3. The van der Waals surface area contributed by atoms with E-state index >= 15 is 0 Å². The van der Waals surface area contributed by atoms with Crippen LogP contribution in [0.15, 0.2) is 12.7 Å². The van der Waals surface area contributed by atoms with E-state index in [0.717, 1.165) is 25.9 Å². The molecule has 0 radical (unpaired) electrons. The van der Waals surface area contributed by atoms with Crippen LogP contribution in [-0.4, -0.2) is 53.4 Å². The molecular weight excluding hydrogens is 340 g/mol. The lowest BCUT2D eigenvalue weighted by molar-refractivity contribution is 0.0158. The molecule has 0 spiro atoms. The van der Waals surface area contributed by atoms with Gasteiger partial charge in [-0.15, -0.1) is 6.58 Å². The van der Waals surface area contributed by atoms with Crippen molar-refractivity contribution in [3.05, 3.63) is 12.7 Å². The average Bonchev–Trinajstić information content (AvgIpc) is 2.53. The number of ether oxygens (including phenoxy) is 4. The molecule has 0 aromatic rings. The van der Waals surface area contributed by atoms with Gasteiger partial charge >= 0.3 is 0 Å². The highest BCUT2D eigenvalue weighted by Crippen LogP contribution is 1.95. The number of hydrogen-bond donors (Lipinski definition) is 0. The second kappa shape index (κ2) is 56.2. The standard InChI is InChI=1S/C8H16O2.C5H12O.C4H10O.6CH4/c1-4-6-10-7-8(5-2)9-3;1-4-5(2)6-3;1-3-4-5-2;;;;;;/h4,8H,1,5-7H2,2-3H3;5H,4H2,1-3H3;3-4H2,1-2H3;6*1H4. The Morgan fingerprint density at radius 2 is 1.30 bits per heavy atom. The molecule has 0 N–H and O–H groups in total. The molecular formula is C23H62O4. The predicted octanol–water partition coefficient (Wildman–Crippen LogP) is 7.90. The van der Waals surface area contributed by atoms with Gasteiger partial charge < -0.3 is 18.9 Å². The summed E-state index contributed by atoms with van der Waals surface area (Å²) < 4.78 is 19.9. The minimum atomic E-state index is 0. The Kier molecular flexibility index (Phi) is 117. The highest BCUT2D eigenvalue weighted by molar-refractivity contribution is 4.64. The predicted molar refractivity (Wildman–Crippen MR) is 131 cm³/mol. The molecule has 0 saturated carbocycles. The van der Waals surface area contributed by atoms with E-state index in [9.17, 15) is 0 Å². The summed E-state index contributed by atoms with van der Waals surface area (Å²) in [6.07, 6.45) is 5.63.